The molecule has 0 spiro atoms. The molecule has 0 unspecified atom stereocenters. The minimum atomic E-state index is -4.00. The van der Waals surface area contributed by atoms with Crippen molar-refractivity contribution in [3.63, 3.8) is 0 Å². The lowest BCUT2D eigenvalue weighted by Crippen LogP contribution is -2.40. The standard InChI is InChI=1S/C21H23FN2O4S/c22-19-8-7-18(14-20(19)29(26,27)24-9-11-28-12-10-24)23-21(25)17-6-5-15-3-1-2-4-16(15)13-17/h5-8,13-14H,1-4,9-12H2,(H,23,25). The summed E-state index contributed by atoms with van der Waals surface area (Å²) < 4.78 is 46.3. The number of halogens is 1. The maximum absolute atomic E-state index is 14.3. The first-order chi connectivity index (χ1) is 13.9. The average Bonchev–Trinajstić information content (AvgIpc) is 2.75. The number of nitrogens with one attached hydrogen (secondary N) is 1. The summed E-state index contributed by atoms with van der Waals surface area (Å²) in [6.45, 7) is 0.895. The minimum absolute atomic E-state index is 0.174. The molecule has 8 heteroatoms. The summed E-state index contributed by atoms with van der Waals surface area (Å²) >= 11 is 0. The van der Waals surface area contributed by atoms with E-state index in [1.165, 1.54) is 27.6 Å². The lowest BCUT2D eigenvalue weighted by atomic mass is 9.90. The fourth-order valence-electron chi connectivity index (χ4n) is 3.78. The second-order valence-corrected chi connectivity index (χ2v) is 9.21. The van der Waals surface area contributed by atoms with Crippen molar-refractivity contribution in [2.24, 2.45) is 0 Å². The van der Waals surface area contributed by atoms with E-state index in [-0.39, 0.29) is 37.9 Å². The number of amides is 1. The Morgan fingerprint density at radius 2 is 1.72 bits per heavy atom. The van der Waals surface area contributed by atoms with Crippen molar-refractivity contribution in [1.82, 2.24) is 4.31 Å². The number of anilines is 1. The van der Waals surface area contributed by atoms with E-state index in [1.54, 1.807) is 6.07 Å². The zero-order valence-corrected chi connectivity index (χ0v) is 16.8. The van der Waals surface area contributed by atoms with Gasteiger partial charge in [-0.05, 0) is 67.1 Å². The molecule has 4 rings (SSSR count). The number of carbonyl (C=O) groups is 1. The molecule has 2 aromatic rings. The minimum Gasteiger partial charge on any atom is -0.379 e. The van der Waals surface area contributed by atoms with E-state index in [2.05, 4.69) is 5.32 Å². The molecule has 1 amide bonds. The van der Waals surface area contributed by atoms with Gasteiger partial charge in [-0.1, -0.05) is 6.07 Å². The number of nitrogens with zero attached hydrogens (tertiary/aromatic N) is 1. The molecule has 0 saturated carbocycles. The average molecular weight is 418 g/mol. The maximum atomic E-state index is 14.3. The summed E-state index contributed by atoms with van der Waals surface area (Å²) in [5.74, 6) is -1.19. The zero-order chi connectivity index (χ0) is 20.4. The number of hydrogen-bond acceptors (Lipinski definition) is 4. The smallest absolute Gasteiger partial charge is 0.255 e. The third kappa shape index (κ3) is 4.19. The van der Waals surface area contributed by atoms with Crippen LogP contribution in [0.1, 0.15) is 34.3 Å². The first-order valence-corrected chi connectivity index (χ1v) is 11.2. The molecule has 1 aliphatic carbocycles. The summed E-state index contributed by atoms with van der Waals surface area (Å²) in [7, 11) is -4.00. The number of benzene rings is 2. The molecule has 2 aromatic carbocycles. The van der Waals surface area contributed by atoms with Crippen LogP contribution < -0.4 is 5.32 Å². The normalized spacial score (nSPS) is 17.6. The summed E-state index contributed by atoms with van der Waals surface area (Å²) in [6.07, 6.45) is 4.25. The lowest BCUT2D eigenvalue weighted by molar-refractivity contribution is 0.0729. The van der Waals surface area contributed by atoms with Gasteiger partial charge in [0.1, 0.15) is 10.7 Å². The molecule has 6 nitrogen and oxygen atoms in total. The van der Waals surface area contributed by atoms with Crippen LogP contribution >= 0.6 is 0 Å². The zero-order valence-electron chi connectivity index (χ0n) is 16.0. The Balaban J connectivity index is 1.57. The van der Waals surface area contributed by atoms with Gasteiger partial charge in [0, 0.05) is 24.3 Å². The Bertz CT molecular complexity index is 1030. The Morgan fingerprint density at radius 1 is 1.00 bits per heavy atom. The number of fused-ring (bicyclic) bond motifs is 1. The lowest BCUT2D eigenvalue weighted by Gasteiger charge is -2.26. The fraction of sp³-hybridized carbons (Fsp3) is 0.381. The molecule has 1 aliphatic heterocycles. The number of rotatable bonds is 4. The van der Waals surface area contributed by atoms with Gasteiger partial charge < -0.3 is 10.1 Å². The van der Waals surface area contributed by atoms with Gasteiger partial charge in [0.15, 0.2) is 0 Å². The molecule has 0 radical (unpaired) electrons. The molecule has 1 N–H and O–H groups in total. The van der Waals surface area contributed by atoms with Crippen LogP contribution in [0.3, 0.4) is 0 Å². The number of sulfonamides is 1. The highest BCUT2D eigenvalue weighted by molar-refractivity contribution is 7.89. The second-order valence-electron chi connectivity index (χ2n) is 7.31. The quantitative estimate of drug-likeness (QED) is 0.828. The van der Waals surface area contributed by atoms with E-state index >= 15 is 0 Å². The van der Waals surface area contributed by atoms with Crippen LogP contribution in [0.2, 0.25) is 0 Å². The van der Waals surface area contributed by atoms with Crippen LogP contribution in [0.25, 0.3) is 0 Å². The van der Waals surface area contributed by atoms with Gasteiger partial charge in [0.05, 0.1) is 13.2 Å². The van der Waals surface area contributed by atoms with Crippen LogP contribution in [-0.4, -0.2) is 44.9 Å². The Labute approximate surface area is 169 Å². The van der Waals surface area contributed by atoms with E-state index in [0.29, 0.717) is 5.56 Å². The van der Waals surface area contributed by atoms with Gasteiger partial charge in [-0.2, -0.15) is 4.31 Å². The molecule has 0 aromatic heterocycles. The molecule has 1 heterocycles. The van der Waals surface area contributed by atoms with Crippen molar-refractivity contribution in [3.05, 3.63) is 58.9 Å². The molecule has 29 heavy (non-hydrogen) atoms. The van der Waals surface area contributed by atoms with Crippen LogP contribution in [0.15, 0.2) is 41.3 Å². The maximum Gasteiger partial charge on any atom is 0.255 e. The number of hydrogen-bond donors (Lipinski definition) is 1. The summed E-state index contributed by atoms with van der Waals surface area (Å²) in [4.78, 5) is 12.2. The van der Waals surface area contributed by atoms with Gasteiger partial charge in [0.2, 0.25) is 10.0 Å². The molecule has 0 bridgehead atoms. The highest BCUT2D eigenvalue weighted by atomic mass is 32.2. The molecule has 1 fully saturated rings. The number of morpholine rings is 1. The van der Waals surface area contributed by atoms with Crippen LogP contribution in [0.4, 0.5) is 10.1 Å². The summed E-state index contributed by atoms with van der Waals surface area (Å²) in [5.41, 5.74) is 3.19. The van der Waals surface area contributed by atoms with Crippen LogP contribution in [0, 0.1) is 5.82 Å². The monoisotopic (exact) mass is 418 g/mol. The molecular weight excluding hydrogens is 395 g/mol. The number of carbonyl (C=O) groups excluding carboxylic acids is 1. The Morgan fingerprint density at radius 3 is 2.48 bits per heavy atom. The van der Waals surface area contributed by atoms with Gasteiger partial charge in [-0.15, -0.1) is 0 Å². The van der Waals surface area contributed by atoms with Crippen molar-refractivity contribution < 1.29 is 22.3 Å². The molecule has 1 saturated heterocycles. The third-order valence-electron chi connectivity index (χ3n) is 5.39. The third-order valence-corrected chi connectivity index (χ3v) is 7.30. The SMILES string of the molecule is O=C(Nc1ccc(F)c(S(=O)(=O)N2CCOCC2)c1)c1ccc2c(c1)CCCC2. The molecule has 154 valence electrons. The number of aryl methyl sites for hydroxylation is 2. The first-order valence-electron chi connectivity index (χ1n) is 9.76. The van der Waals surface area contributed by atoms with E-state index < -0.39 is 20.7 Å². The second kappa shape index (κ2) is 8.22. The first kappa shape index (κ1) is 20.0. The van der Waals surface area contributed by atoms with Crippen molar-refractivity contribution in [2.75, 3.05) is 31.6 Å². The highest BCUT2D eigenvalue weighted by Crippen LogP contribution is 2.25. The van der Waals surface area contributed by atoms with Gasteiger partial charge in [0.25, 0.3) is 5.91 Å². The van der Waals surface area contributed by atoms with E-state index in [9.17, 15) is 17.6 Å². The van der Waals surface area contributed by atoms with Crippen molar-refractivity contribution >= 4 is 21.6 Å². The summed E-state index contributed by atoms with van der Waals surface area (Å²) in [5, 5.41) is 2.69. The van der Waals surface area contributed by atoms with Crippen molar-refractivity contribution in [3.8, 4) is 0 Å². The summed E-state index contributed by atoms with van der Waals surface area (Å²) in [6, 6.07) is 9.24. The van der Waals surface area contributed by atoms with Crippen LogP contribution in [-0.2, 0) is 27.6 Å². The molecule has 0 atom stereocenters. The fourth-order valence-corrected chi connectivity index (χ4v) is 5.28. The predicted octanol–water partition coefficient (Wildman–Crippen LogP) is 2.98. The highest BCUT2D eigenvalue weighted by Gasteiger charge is 2.29. The number of ether oxygens (including phenoxy) is 1. The van der Waals surface area contributed by atoms with Gasteiger partial charge in [-0.25, -0.2) is 12.8 Å². The van der Waals surface area contributed by atoms with E-state index in [0.717, 1.165) is 31.7 Å². The van der Waals surface area contributed by atoms with Crippen molar-refractivity contribution in [1.29, 1.82) is 0 Å². The predicted molar refractivity (Wildman–Crippen MR) is 107 cm³/mol. The van der Waals surface area contributed by atoms with Crippen molar-refractivity contribution in [2.45, 2.75) is 30.6 Å². The molecular formula is C21H23FN2O4S. The van der Waals surface area contributed by atoms with E-state index in [4.69, 9.17) is 4.74 Å². The largest absolute Gasteiger partial charge is 0.379 e. The van der Waals surface area contributed by atoms with Gasteiger partial charge in [-0.3, -0.25) is 4.79 Å². The van der Waals surface area contributed by atoms with Crippen LogP contribution in [0.5, 0.6) is 0 Å². The van der Waals surface area contributed by atoms with Gasteiger partial charge >= 0.3 is 0 Å². The Kier molecular flexibility index (Phi) is 5.67. The van der Waals surface area contributed by atoms with E-state index in [1.807, 2.05) is 12.1 Å². The molecule has 2 aliphatic rings. The Hall–Kier alpha value is -2.29. The topological polar surface area (TPSA) is 75.7 Å².